The molecular formula is C4H9CuFeO10P. The molecule has 0 fully saturated rings. The van der Waals surface area contributed by atoms with Crippen molar-refractivity contribution in [2.75, 3.05) is 0 Å². The number of aliphatic carboxylic acids is 2. The first kappa shape index (κ1) is 25.8. The second-order valence-electron chi connectivity index (χ2n) is 2.08. The Balaban J connectivity index is -0.000000105. The maximum absolute atomic E-state index is 9.77. The summed E-state index contributed by atoms with van der Waals surface area (Å²) < 4.78 is 8.88. The van der Waals surface area contributed by atoms with Gasteiger partial charge < -0.3 is 35.1 Å². The fourth-order valence-electron chi connectivity index (χ4n) is 0.270. The van der Waals surface area contributed by atoms with Gasteiger partial charge in [0.05, 0.1) is 0 Å². The average molecular weight is 367 g/mol. The number of carboxylic acids is 2. The number of hydrogen-bond donors (Lipinski definition) is 7. The molecule has 0 heterocycles. The van der Waals surface area contributed by atoms with Gasteiger partial charge in [-0.1, -0.05) is 0 Å². The normalized spacial score (nSPS) is 12.8. The van der Waals surface area contributed by atoms with Crippen LogP contribution in [0.25, 0.3) is 0 Å². The van der Waals surface area contributed by atoms with Crippen molar-refractivity contribution in [1.29, 1.82) is 0 Å². The molecule has 0 spiro atoms. The molecule has 2 atom stereocenters. The van der Waals surface area contributed by atoms with E-state index in [0.717, 1.165) is 0 Å². The number of carboxylic acid groups (broad SMARTS) is 2. The molecule has 2 unspecified atom stereocenters. The first-order valence-corrected chi connectivity index (χ1v) is 4.63. The molecule has 17 heavy (non-hydrogen) atoms. The largest absolute Gasteiger partial charge is 0.479 e. The molecule has 109 valence electrons. The molecule has 0 aromatic carbocycles. The third kappa shape index (κ3) is 21.8. The smallest absolute Gasteiger partial charge is 0.466 e. The average Bonchev–Trinajstić information content (AvgIpc) is 1.98. The van der Waals surface area contributed by atoms with Crippen molar-refractivity contribution < 1.29 is 83.4 Å². The molecule has 1 radical (unpaired) electrons. The van der Waals surface area contributed by atoms with Gasteiger partial charge >= 0.3 is 19.8 Å². The van der Waals surface area contributed by atoms with Crippen LogP contribution in [0.4, 0.5) is 0 Å². The fraction of sp³-hybridized carbons (Fsp3) is 0.500. The Hall–Kier alpha value is 0.00896. The van der Waals surface area contributed by atoms with Crippen molar-refractivity contribution in [2.24, 2.45) is 0 Å². The topological polar surface area (TPSA) is 193 Å². The number of aliphatic hydroxyl groups excluding tert-OH is 2. The van der Waals surface area contributed by atoms with Crippen molar-refractivity contribution in [2.45, 2.75) is 12.2 Å². The van der Waals surface area contributed by atoms with Crippen molar-refractivity contribution in [3.63, 3.8) is 0 Å². The molecule has 0 aromatic rings. The summed E-state index contributed by atoms with van der Waals surface area (Å²) in [4.78, 5) is 41.1. The minimum absolute atomic E-state index is 0. The van der Waals surface area contributed by atoms with Gasteiger partial charge in [0.2, 0.25) is 0 Å². The second-order valence-corrected chi connectivity index (χ2v) is 3.11. The third-order valence-corrected chi connectivity index (χ3v) is 0.805. The Morgan fingerprint density at radius 2 is 1.00 bits per heavy atom. The van der Waals surface area contributed by atoms with Crippen molar-refractivity contribution >= 4 is 19.8 Å². The number of phosphoric acid groups is 1. The van der Waals surface area contributed by atoms with Crippen LogP contribution in [0.5, 0.6) is 0 Å². The van der Waals surface area contributed by atoms with E-state index < -0.39 is 32.0 Å². The van der Waals surface area contributed by atoms with Crippen LogP contribution in [0.2, 0.25) is 0 Å². The summed E-state index contributed by atoms with van der Waals surface area (Å²) in [5.41, 5.74) is 0. The molecular weight excluding hydrogens is 358 g/mol. The molecule has 0 saturated carbocycles. The summed E-state index contributed by atoms with van der Waals surface area (Å²) in [6.45, 7) is 0. The van der Waals surface area contributed by atoms with E-state index in [1.54, 1.807) is 0 Å². The van der Waals surface area contributed by atoms with Crippen LogP contribution >= 0.6 is 7.82 Å². The summed E-state index contributed by atoms with van der Waals surface area (Å²) in [5.74, 6) is -3.54. The standard InChI is InChI=1S/C4H6O6.Cu.Fe.H3O4P/c5-1(3(7)8)2(6)4(9)10;;;1-5(2,3)4/h1-2,5-6H,(H,7,8)(H,9,10);;;(H3,1,2,3,4). The minimum Gasteiger partial charge on any atom is -0.479 e. The van der Waals surface area contributed by atoms with E-state index in [9.17, 15) is 9.59 Å². The van der Waals surface area contributed by atoms with Gasteiger partial charge in [-0.3, -0.25) is 0 Å². The maximum Gasteiger partial charge on any atom is 0.466 e. The first-order valence-electron chi connectivity index (χ1n) is 3.07. The SMILES string of the molecule is O=C(O)C(O)C(O)C(=O)O.O=P(O)(O)O.[Cu].[Fe]. The van der Waals surface area contributed by atoms with E-state index in [2.05, 4.69) is 0 Å². The van der Waals surface area contributed by atoms with Gasteiger partial charge in [-0.15, -0.1) is 0 Å². The predicted molar refractivity (Wildman–Crippen MR) is 41.5 cm³/mol. The Morgan fingerprint density at radius 3 is 1.06 bits per heavy atom. The minimum atomic E-state index is -4.64. The van der Waals surface area contributed by atoms with Crippen LogP contribution in [0, 0.1) is 0 Å². The fourth-order valence-corrected chi connectivity index (χ4v) is 0.270. The van der Waals surface area contributed by atoms with Crippen molar-refractivity contribution in [3.8, 4) is 0 Å². The van der Waals surface area contributed by atoms with E-state index in [-0.39, 0.29) is 34.1 Å². The predicted octanol–water partition coefficient (Wildman–Crippen LogP) is -3.06. The Kier molecular flexibility index (Phi) is 16.8. The van der Waals surface area contributed by atoms with E-state index >= 15 is 0 Å². The van der Waals surface area contributed by atoms with Crippen molar-refractivity contribution in [3.05, 3.63) is 0 Å². The zero-order chi connectivity index (χ0) is 12.8. The molecule has 0 aliphatic heterocycles. The zero-order valence-corrected chi connectivity index (χ0v) is 10.6. The van der Waals surface area contributed by atoms with E-state index in [0.29, 0.717) is 0 Å². The summed E-state index contributed by atoms with van der Waals surface area (Å²) >= 11 is 0. The monoisotopic (exact) mass is 367 g/mol. The molecule has 7 N–H and O–H groups in total. The third-order valence-electron chi connectivity index (χ3n) is 0.805. The Bertz CT molecular complexity index is 251. The van der Waals surface area contributed by atoms with Crippen LogP contribution in [-0.4, -0.2) is 59.3 Å². The summed E-state index contributed by atoms with van der Waals surface area (Å²) in [7, 11) is -4.64. The van der Waals surface area contributed by atoms with Crippen LogP contribution < -0.4 is 0 Å². The van der Waals surface area contributed by atoms with Crippen molar-refractivity contribution in [1.82, 2.24) is 0 Å². The van der Waals surface area contributed by atoms with Crippen LogP contribution in [-0.2, 0) is 48.3 Å². The van der Waals surface area contributed by atoms with Crippen LogP contribution in [0.1, 0.15) is 0 Å². The Labute approximate surface area is 115 Å². The van der Waals surface area contributed by atoms with Gasteiger partial charge in [0.1, 0.15) is 0 Å². The second kappa shape index (κ2) is 11.1. The van der Waals surface area contributed by atoms with E-state index in [4.69, 9.17) is 39.7 Å². The molecule has 0 aliphatic rings. The molecule has 0 saturated heterocycles. The molecule has 0 rings (SSSR count). The number of rotatable bonds is 3. The van der Waals surface area contributed by atoms with Crippen LogP contribution in [0.15, 0.2) is 0 Å². The number of hydrogen-bond acceptors (Lipinski definition) is 5. The first-order chi connectivity index (χ1) is 6.46. The summed E-state index contributed by atoms with van der Waals surface area (Å²) in [6.07, 6.45) is -4.53. The summed E-state index contributed by atoms with van der Waals surface area (Å²) in [6, 6.07) is 0. The molecule has 0 aromatic heterocycles. The quantitative estimate of drug-likeness (QED) is 0.199. The van der Waals surface area contributed by atoms with Gasteiger partial charge in [-0.2, -0.15) is 0 Å². The molecule has 13 heteroatoms. The van der Waals surface area contributed by atoms with E-state index in [1.807, 2.05) is 0 Å². The zero-order valence-electron chi connectivity index (χ0n) is 7.61. The Morgan fingerprint density at radius 1 is 0.882 bits per heavy atom. The van der Waals surface area contributed by atoms with Gasteiger partial charge in [0.15, 0.2) is 12.2 Å². The molecule has 10 nitrogen and oxygen atoms in total. The van der Waals surface area contributed by atoms with Gasteiger partial charge in [-0.05, 0) is 0 Å². The van der Waals surface area contributed by atoms with Crippen LogP contribution in [0.3, 0.4) is 0 Å². The van der Waals surface area contributed by atoms with Gasteiger partial charge in [0, 0.05) is 34.1 Å². The molecule has 0 amide bonds. The molecule has 0 bridgehead atoms. The van der Waals surface area contributed by atoms with Gasteiger partial charge in [0.25, 0.3) is 0 Å². The summed E-state index contributed by atoms with van der Waals surface area (Å²) in [5, 5.41) is 32.5. The van der Waals surface area contributed by atoms with Gasteiger partial charge in [-0.25, -0.2) is 14.2 Å². The molecule has 0 aliphatic carbocycles. The van der Waals surface area contributed by atoms with E-state index in [1.165, 1.54) is 0 Å². The maximum atomic E-state index is 9.77. The number of carbonyl (C=O) groups is 2. The number of aliphatic hydroxyl groups is 2.